The molecule has 0 unspecified atom stereocenters. The molecule has 2 heterocycles. The number of nitrogens with one attached hydrogen (secondary N) is 1. The van der Waals surface area contributed by atoms with Gasteiger partial charge in [0.05, 0.1) is 7.11 Å². The zero-order valence-corrected chi connectivity index (χ0v) is 12.0. The minimum absolute atomic E-state index is 0.456. The number of aryl methyl sites for hydroxylation is 1. The average molecular weight is 277 g/mol. The molecule has 0 fully saturated rings. The van der Waals surface area contributed by atoms with E-state index in [1.54, 1.807) is 13.2 Å². The van der Waals surface area contributed by atoms with E-state index in [1.165, 1.54) is 6.33 Å². The van der Waals surface area contributed by atoms with Crippen LogP contribution in [0.3, 0.4) is 0 Å². The molecule has 0 aliphatic heterocycles. The number of hydrogen-bond acceptors (Lipinski definition) is 7. The quantitative estimate of drug-likeness (QED) is 0.767. The molecule has 1 N–H and O–H groups in total. The van der Waals surface area contributed by atoms with Crippen molar-refractivity contribution in [2.24, 2.45) is 0 Å². The van der Waals surface area contributed by atoms with Gasteiger partial charge in [-0.2, -0.15) is 4.98 Å². The fourth-order valence-electron chi connectivity index (χ4n) is 1.66. The highest BCUT2D eigenvalue weighted by Crippen LogP contribution is 2.16. The van der Waals surface area contributed by atoms with Crippen molar-refractivity contribution in [3.63, 3.8) is 0 Å². The van der Waals surface area contributed by atoms with Gasteiger partial charge in [0.1, 0.15) is 12.0 Å². The first-order chi connectivity index (χ1) is 9.69. The third-order valence-electron chi connectivity index (χ3n) is 2.67. The molecule has 0 radical (unpaired) electrons. The number of nitrogens with zero attached hydrogens (tertiary/aromatic N) is 4. The minimum atomic E-state index is 0.456. The van der Waals surface area contributed by atoms with Crippen LogP contribution in [0.25, 0.3) is 11.5 Å². The highest BCUT2D eigenvalue weighted by molar-refractivity contribution is 5.49. The molecular formula is C13H19N5O2. The van der Waals surface area contributed by atoms with E-state index in [2.05, 4.69) is 39.3 Å². The second-order valence-electron chi connectivity index (χ2n) is 4.67. The molecule has 20 heavy (non-hydrogen) atoms. The molecule has 0 aromatic carbocycles. The van der Waals surface area contributed by atoms with Crippen LogP contribution in [0.4, 0.5) is 0 Å². The minimum Gasteiger partial charge on any atom is -0.481 e. The Kier molecular flexibility index (Phi) is 5.00. The summed E-state index contributed by atoms with van der Waals surface area (Å²) in [6.45, 7) is 5.16. The fraction of sp³-hybridized carbons (Fsp3) is 0.538. The molecule has 0 amide bonds. The van der Waals surface area contributed by atoms with Gasteiger partial charge in [0.25, 0.3) is 0 Å². The van der Waals surface area contributed by atoms with Crippen LogP contribution in [0.2, 0.25) is 0 Å². The molecular weight excluding hydrogens is 258 g/mol. The Morgan fingerprint density at radius 3 is 2.95 bits per heavy atom. The van der Waals surface area contributed by atoms with Crippen molar-refractivity contribution in [1.29, 1.82) is 0 Å². The molecule has 2 rings (SSSR count). The maximum Gasteiger partial charge on any atom is 0.227 e. The van der Waals surface area contributed by atoms with Gasteiger partial charge in [0, 0.05) is 18.5 Å². The van der Waals surface area contributed by atoms with Crippen molar-refractivity contribution in [3.05, 3.63) is 18.3 Å². The Bertz CT molecular complexity index is 541. The summed E-state index contributed by atoms with van der Waals surface area (Å²) >= 11 is 0. The van der Waals surface area contributed by atoms with Gasteiger partial charge in [-0.15, -0.1) is 0 Å². The van der Waals surface area contributed by atoms with Gasteiger partial charge in [-0.05, 0) is 13.0 Å². The first-order valence-electron chi connectivity index (χ1n) is 6.61. The number of rotatable bonds is 7. The Morgan fingerprint density at radius 2 is 2.20 bits per heavy atom. The molecule has 0 saturated heterocycles. The van der Waals surface area contributed by atoms with E-state index in [0.29, 0.717) is 29.3 Å². The zero-order valence-electron chi connectivity index (χ0n) is 12.0. The van der Waals surface area contributed by atoms with Crippen LogP contribution < -0.4 is 10.1 Å². The van der Waals surface area contributed by atoms with Crippen LogP contribution in [0.1, 0.15) is 26.2 Å². The summed E-state index contributed by atoms with van der Waals surface area (Å²) in [7, 11) is 1.55. The van der Waals surface area contributed by atoms with Gasteiger partial charge in [-0.25, -0.2) is 9.97 Å². The van der Waals surface area contributed by atoms with Gasteiger partial charge < -0.3 is 14.6 Å². The molecule has 0 bridgehead atoms. The molecule has 0 aliphatic carbocycles. The summed E-state index contributed by atoms with van der Waals surface area (Å²) in [5, 5.41) is 7.27. The molecule has 0 atom stereocenters. The van der Waals surface area contributed by atoms with Gasteiger partial charge in [0.2, 0.25) is 17.6 Å². The van der Waals surface area contributed by atoms with Crippen LogP contribution >= 0.6 is 0 Å². The van der Waals surface area contributed by atoms with E-state index in [-0.39, 0.29) is 0 Å². The third-order valence-corrected chi connectivity index (χ3v) is 2.67. The van der Waals surface area contributed by atoms with Crippen molar-refractivity contribution in [2.45, 2.75) is 32.7 Å². The molecule has 7 nitrogen and oxygen atoms in total. The van der Waals surface area contributed by atoms with Gasteiger partial charge >= 0.3 is 0 Å². The number of hydrogen-bond donors (Lipinski definition) is 1. The number of methoxy groups -OCH3 is 1. The fourth-order valence-corrected chi connectivity index (χ4v) is 1.66. The lowest BCUT2D eigenvalue weighted by Gasteiger charge is -2.05. The van der Waals surface area contributed by atoms with E-state index >= 15 is 0 Å². The Labute approximate surface area is 117 Å². The highest BCUT2D eigenvalue weighted by atomic mass is 16.5. The van der Waals surface area contributed by atoms with Crippen molar-refractivity contribution in [2.75, 3.05) is 13.7 Å². The molecule has 108 valence electrons. The van der Waals surface area contributed by atoms with Crippen LogP contribution in [0.15, 0.2) is 16.9 Å². The standard InChI is InChI=1S/C13H19N5O2/c1-9(2)14-6-4-5-11-17-13(18-20-11)10-7-12(19-3)16-8-15-10/h7-9,14H,4-6H2,1-3H3. The molecule has 2 aromatic rings. The van der Waals surface area contributed by atoms with Gasteiger partial charge in [-0.3, -0.25) is 0 Å². The number of aromatic nitrogens is 4. The average Bonchev–Trinajstić information content (AvgIpc) is 2.92. The summed E-state index contributed by atoms with van der Waals surface area (Å²) < 4.78 is 10.2. The van der Waals surface area contributed by atoms with Crippen molar-refractivity contribution in [1.82, 2.24) is 25.4 Å². The zero-order chi connectivity index (χ0) is 14.4. The smallest absolute Gasteiger partial charge is 0.227 e. The summed E-state index contributed by atoms with van der Waals surface area (Å²) in [5.41, 5.74) is 0.590. The van der Waals surface area contributed by atoms with Crippen molar-refractivity contribution in [3.8, 4) is 17.4 Å². The van der Waals surface area contributed by atoms with E-state index in [1.807, 2.05) is 0 Å². The summed E-state index contributed by atoms with van der Waals surface area (Å²) in [6.07, 6.45) is 3.11. The lowest BCUT2D eigenvalue weighted by Crippen LogP contribution is -2.23. The maximum absolute atomic E-state index is 5.21. The SMILES string of the molecule is COc1cc(-c2noc(CCCNC(C)C)n2)ncn1. The second-order valence-corrected chi connectivity index (χ2v) is 4.67. The summed E-state index contributed by atoms with van der Waals surface area (Å²) in [5.74, 6) is 1.54. The van der Waals surface area contributed by atoms with E-state index in [4.69, 9.17) is 9.26 Å². The van der Waals surface area contributed by atoms with Crippen molar-refractivity contribution >= 4 is 0 Å². The Balaban J connectivity index is 1.94. The predicted octanol–water partition coefficient (Wildman–Crippen LogP) is 1.47. The molecule has 7 heteroatoms. The monoisotopic (exact) mass is 277 g/mol. The summed E-state index contributed by atoms with van der Waals surface area (Å²) in [4.78, 5) is 12.4. The molecule has 2 aromatic heterocycles. The van der Waals surface area contributed by atoms with Crippen LogP contribution in [-0.4, -0.2) is 39.8 Å². The Hall–Kier alpha value is -2.02. The van der Waals surface area contributed by atoms with Crippen molar-refractivity contribution < 1.29 is 9.26 Å². The van der Waals surface area contributed by atoms with Gasteiger partial charge in [-0.1, -0.05) is 19.0 Å². The van der Waals surface area contributed by atoms with E-state index in [0.717, 1.165) is 19.4 Å². The highest BCUT2D eigenvalue weighted by Gasteiger charge is 2.10. The van der Waals surface area contributed by atoms with Gasteiger partial charge in [0.15, 0.2) is 0 Å². The van der Waals surface area contributed by atoms with Crippen LogP contribution in [0, 0.1) is 0 Å². The predicted molar refractivity (Wildman–Crippen MR) is 73.3 cm³/mol. The van der Waals surface area contributed by atoms with E-state index in [9.17, 15) is 0 Å². The maximum atomic E-state index is 5.21. The topological polar surface area (TPSA) is 86.0 Å². The largest absolute Gasteiger partial charge is 0.481 e. The van der Waals surface area contributed by atoms with Crippen LogP contribution in [-0.2, 0) is 6.42 Å². The lowest BCUT2D eigenvalue weighted by molar-refractivity contribution is 0.373. The Morgan fingerprint density at radius 1 is 1.35 bits per heavy atom. The summed E-state index contributed by atoms with van der Waals surface area (Å²) in [6, 6.07) is 2.16. The first-order valence-corrected chi connectivity index (χ1v) is 6.61. The molecule has 0 aliphatic rings. The normalized spacial score (nSPS) is 11.0. The molecule has 0 spiro atoms. The second kappa shape index (κ2) is 6.95. The van der Waals surface area contributed by atoms with E-state index < -0.39 is 0 Å². The van der Waals surface area contributed by atoms with Crippen LogP contribution in [0.5, 0.6) is 5.88 Å². The lowest BCUT2D eigenvalue weighted by atomic mass is 10.3. The third kappa shape index (κ3) is 3.99. The first kappa shape index (κ1) is 14.4. The molecule has 0 saturated carbocycles. The number of ether oxygens (including phenoxy) is 1.